The number of piperazine rings is 1. The lowest BCUT2D eigenvalue weighted by molar-refractivity contribution is 0.0827. The second-order valence-electron chi connectivity index (χ2n) is 6.55. The Morgan fingerprint density at radius 2 is 2.14 bits per heavy atom. The summed E-state index contributed by atoms with van der Waals surface area (Å²) in [5, 5.41) is 5.24. The second-order valence-corrected chi connectivity index (χ2v) is 6.90. The molecule has 1 aromatic carbocycles. The van der Waals surface area contributed by atoms with Crippen molar-refractivity contribution in [1.29, 1.82) is 0 Å². The number of hydrogen-bond donors (Lipinski definition) is 1. The van der Waals surface area contributed by atoms with E-state index in [1.807, 2.05) is 0 Å². The summed E-state index contributed by atoms with van der Waals surface area (Å²) in [7, 11) is 0. The van der Waals surface area contributed by atoms with Crippen LogP contribution in [0.3, 0.4) is 0 Å². The van der Waals surface area contributed by atoms with Crippen LogP contribution in [0.15, 0.2) is 24.3 Å². The monoisotopic (exact) mass is 303 g/mol. The average molecular weight is 304 g/mol. The summed E-state index contributed by atoms with van der Waals surface area (Å²) >= 11 is 6.41. The number of nitrogens with zero attached hydrogens (tertiary/aromatic N) is 2. The van der Waals surface area contributed by atoms with Crippen LogP contribution in [-0.4, -0.2) is 35.1 Å². The number of hydrogen-bond acceptors (Lipinski definition) is 3. The van der Waals surface area contributed by atoms with Crippen molar-refractivity contribution in [2.45, 2.75) is 32.9 Å². The van der Waals surface area contributed by atoms with Crippen LogP contribution in [0.1, 0.15) is 25.0 Å². The molecule has 1 aliphatic heterocycles. The van der Waals surface area contributed by atoms with E-state index in [4.69, 9.17) is 11.6 Å². The van der Waals surface area contributed by atoms with Gasteiger partial charge in [0.1, 0.15) is 5.15 Å². The third-order valence-corrected chi connectivity index (χ3v) is 4.66. The van der Waals surface area contributed by atoms with Gasteiger partial charge in [-0.2, -0.15) is 0 Å². The summed E-state index contributed by atoms with van der Waals surface area (Å²) in [6.45, 7) is 10.5. The molecule has 112 valence electrons. The Kier molecular flexibility index (Phi) is 3.91. The summed E-state index contributed by atoms with van der Waals surface area (Å²) in [4.78, 5) is 7.05. The molecule has 2 aromatic rings. The van der Waals surface area contributed by atoms with Gasteiger partial charge in [0.05, 0.1) is 5.52 Å². The van der Waals surface area contributed by atoms with Crippen LogP contribution in [0.2, 0.25) is 5.15 Å². The smallest absolute Gasteiger partial charge is 0.134 e. The van der Waals surface area contributed by atoms with Crippen LogP contribution in [0.25, 0.3) is 10.9 Å². The van der Waals surface area contributed by atoms with Crippen LogP contribution in [0.4, 0.5) is 0 Å². The van der Waals surface area contributed by atoms with E-state index >= 15 is 0 Å². The third kappa shape index (κ3) is 3.05. The van der Waals surface area contributed by atoms with E-state index in [0.717, 1.165) is 42.6 Å². The number of nitrogens with one attached hydrogen (secondary N) is 1. The highest BCUT2D eigenvalue weighted by atomic mass is 35.5. The van der Waals surface area contributed by atoms with E-state index in [9.17, 15) is 0 Å². The molecule has 1 aromatic heterocycles. The zero-order valence-electron chi connectivity index (χ0n) is 12.9. The van der Waals surface area contributed by atoms with E-state index in [1.54, 1.807) is 0 Å². The van der Waals surface area contributed by atoms with Crippen molar-refractivity contribution in [3.05, 3.63) is 40.5 Å². The van der Waals surface area contributed by atoms with Crippen LogP contribution in [0, 0.1) is 6.92 Å². The van der Waals surface area contributed by atoms with Crippen molar-refractivity contribution in [1.82, 2.24) is 15.2 Å². The summed E-state index contributed by atoms with van der Waals surface area (Å²) in [6.07, 6.45) is 0. The van der Waals surface area contributed by atoms with Gasteiger partial charge in [0.15, 0.2) is 0 Å². The van der Waals surface area contributed by atoms with Crippen molar-refractivity contribution in [3.63, 3.8) is 0 Å². The predicted octanol–water partition coefficient (Wildman–Crippen LogP) is 3.38. The number of aromatic nitrogens is 1. The molecule has 1 N–H and O–H groups in total. The van der Waals surface area contributed by atoms with Crippen molar-refractivity contribution in [2.24, 2.45) is 0 Å². The van der Waals surface area contributed by atoms with Crippen LogP contribution < -0.4 is 5.32 Å². The molecule has 1 saturated heterocycles. The first kappa shape index (κ1) is 14.8. The molecular weight excluding hydrogens is 282 g/mol. The number of rotatable bonds is 2. The SMILES string of the molecule is Cc1ccc2cc(CN3CCNCC3(C)C)c(Cl)nc2c1. The number of benzene rings is 1. The Labute approximate surface area is 131 Å². The lowest BCUT2D eigenvalue weighted by atomic mass is 9.99. The van der Waals surface area contributed by atoms with Gasteiger partial charge < -0.3 is 5.32 Å². The van der Waals surface area contributed by atoms with Crippen molar-refractivity contribution >= 4 is 22.5 Å². The topological polar surface area (TPSA) is 28.2 Å². The fourth-order valence-electron chi connectivity index (χ4n) is 2.93. The Morgan fingerprint density at radius 3 is 2.90 bits per heavy atom. The standard InChI is InChI=1S/C17H22ClN3/c1-12-4-5-13-9-14(16(18)20-15(13)8-12)10-21-7-6-19-11-17(21,2)3/h4-5,8-9,19H,6-7,10-11H2,1-3H3. The molecule has 0 spiro atoms. The van der Waals surface area contributed by atoms with Crippen molar-refractivity contribution in [2.75, 3.05) is 19.6 Å². The molecule has 0 saturated carbocycles. The molecule has 1 aliphatic rings. The first-order valence-corrected chi connectivity index (χ1v) is 7.85. The molecule has 0 radical (unpaired) electrons. The van der Waals surface area contributed by atoms with Gasteiger partial charge >= 0.3 is 0 Å². The van der Waals surface area contributed by atoms with Gasteiger partial charge in [-0.1, -0.05) is 23.7 Å². The second kappa shape index (κ2) is 5.56. The predicted molar refractivity (Wildman–Crippen MR) is 88.8 cm³/mol. The minimum atomic E-state index is 0.143. The van der Waals surface area contributed by atoms with Gasteiger partial charge in [-0.15, -0.1) is 0 Å². The maximum absolute atomic E-state index is 6.41. The van der Waals surface area contributed by atoms with E-state index in [2.05, 4.69) is 60.2 Å². The van der Waals surface area contributed by atoms with Gasteiger partial charge in [-0.25, -0.2) is 4.98 Å². The molecule has 21 heavy (non-hydrogen) atoms. The Bertz CT molecular complexity index is 666. The first-order valence-electron chi connectivity index (χ1n) is 7.47. The fourth-order valence-corrected chi connectivity index (χ4v) is 3.14. The zero-order valence-corrected chi connectivity index (χ0v) is 13.7. The van der Waals surface area contributed by atoms with E-state index in [0.29, 0.717) is 5.15 Å². The van der Waals surface area contributed by atoms with E-state index in [1.165, 1.54) is 5.56 Å². The van der Waals surface area contributed by atoms with Gasteiger partial charge in [-0.3, -0.25) is 4.90 Å². The summed E-state index contributed by atoms with van der Waals surface area (Å²) in [5.41, 5.74) is 3.44. The van der Waals surface area contributed by atoms with Gasteiger partial charge in [-0.05, 0) is 38.5 Å². The average Bonchev–Trinajstić information content (AvgIpc) is 2.42. The molecule has 1 fully saturated rings. The minimum absolute atomic E-state index is 0.143. The van der Waals surface area contributed by atoms with Crippen molar-refractivity contribution in [3.8, 4) is 0 Å². The molecule has 0 bridgehead atoms. The Balaban J connectivity index is 1.93. The molecule has 2 heterocycles. The third-order valence-electron chi connectivity index (χ3n) is 4.33. The summed E-state index contributed by atoms with van der Waals surface area (Å²) in [5.74, 6) is 0. The lowest BCUT2D eigenvalue weighted by Crippen LogP contribution is -2.57. The Morgan fingerprint density at radius 1 is 1.33 bits per heavy atom. The molecule has 0 unspecified atom stereocenters. The number of pyridine rings is 1. The molecule has 3 rings (SSSR count). The molecule has 0 atom stereocenters. The van der Waals surface area contributed by atoms with Crippen LogP contribution in [0.5, 0.6) is 0 Å². The Hall–Kier alpha value is -1.16. The molecular formula is C17H22ClN3. The summed E-state index contributed by atoms with van der Waals surface area (Å²) < 4.78 is 0. The lowest BCUT2D eigenvalue weighted by Gasteiger charge is -2.43. The molecule has 0 aliphatic carbocycles. The highest BCUT2D eigenvalue weighted by Crippen LogP contribution is 2.26. The number of aryl methyl sites for hydroxylation is 1. The van der Waals surface area contributed by atoms with Crippen molar-refractivity contribution < 1.29 is 0 Å². The largest absolute Gasteiger partial charge is 0.314 e. The highest BCUT2D eigenvalue weighted by molar-refractivity contribution is 6.30. The van der Waals surface area contributed by atoms with Gasteiger partial charge in [0, 0.05) is 42.7 Å². The molecule has 4 heteroatoms. The van der Waals surface area contributed by atoms with E-state index < -0.39 is 0 Å². The van der Waals surface area contributed by atoms with Gasteiger partial charge in [0.2, 0.25) is 0 Å². The van der Waals surface area contributed by atoms with Gasteiger partial charge in [0.25, 0.3) is 0 Å². The van der Waals surface area contributed by atoms with Crippen LogP contribution >= 0.6 is 11.6 Å². The highest BCUT2D eigenvalue weighted by Gasteiger charge is 2.29. The molecule has 3 nitrogen and oxygen atoms in total. The quantitative estimate of drug-likeness (QED) is 0.862. The van der Waals surface area contributed by atoms with Crippen LogP contribution in [-0.2, 0) is 6.54 Å². The van der Waals surface area contributed by atoms with E-state index in [-0.39, 0.29) is 5.54 Å². The maximum atomic E-state index is 6.41. The number of fused-ring (bicyclic) bond motifs is 1. The summed E-state index contributed by atoms with van der Waals surface area (Å²) in [6, 6.07) is 8.51. The first-order chi connectivity index (χ1) is 9.95. The normalized spacial score (nSPS) is 19.0. The maximum Gasteiger partial charge on any atom is 0.134 e. The number of halogens is 1. The zero-order chi connectivity index (χ0) is 15.0. The minimum Gasteiger partial charge on any atom is -0.314 e. The fraction of sp³-hybridized carbons (Fsp3) is 0.471. The molecule has 0 amide bonds.